The zero-order valence-electron chi connectivity index (χ0n) is 26.4. The summed E-state index contributed by atoms with van der Waals surface area (Å²) in [5.41, 5.74) is 0.939. The zero-order chi connectivity index (χ0) is 31.4. The molecular formula is C34H49N3O6S. The van der Waals surface area contributed by atoms with Gasteiger partial charge in [0.05, 0.1) is 30.0 Å². The van der Waals surface area contributed by atoms with E-state index in [0.29, 0.717) is 23.7 Å². The van der Waals surface area contributed by atoms with E-state index in [1.165, 1.54) is 12.1 Å². The van der Waals surface area contributed by atoms with Crippen LogP contribution in [0, 0.1) is 52.3 Å². The number of aromatic nitrogens is 2. The Bertz CT molecular complexity index is 1430. The topological polar surface area (TPSA) is 131 Å². The second kappa shape index (κ2) is 11.7. The van der Waals surface area contributed by atoms with Crippen molar-refractivity contribution in [2.24, 2.45) is 52.3 Å². The lowest BCUT2D eigenvalue weighted by atomic mass is 9.41. The number of benzene rings is 1. The van der Waals surface area contributed by atoms with E-state index in [4.69, 9.17) is 4.74 Å². The Labute approximate surface area is 261 Å². The summed E-state index contributed by atoms with van der Waals surface area (Å²) in [4.78, 5) is 16.7. The van der Waals surface area contributed by atoms with Gasteiger partial charge < -0.3 is 19.5 Å². The molecule has 0 radical (unpaired) electrons. The quantitative estimate of drug-likeness (QED) is 0.367. The number of carbonyl (C=O) groups is 1. The summed E-state index contributed by atoms with van der Waals surface area (Å²) in [6.07, 6.45) is 11.3. The molecule has 1 heterocycles. The van der Waals surface area contributed by atoms with Crippen molar-refractivity contribution in [1.29, 1.82) is 0 Å². The molecule has 1 aromatic carbocycles. The predicted octanol–water partition coefficient (Wildman–Crippen LogP) is 5.55. The van der Waals surface area contributed by atoms with E-state index in [2.05, 4.69) is 37.4 Å². The van der Waals surface area contributed by atoms with E-state index in [1.54, 1.807) is 35.4 Å². The summed E-state index contributed by atoms with van der Waals surface area (Å²) < 4.78 is 35.1. The molecule has 242 valence electrons. The summed E-state index contributed by atoms with van der Waals surface area (Å²) in [5, 5.41) is 22.5. The van der Waals surface area contributed by atoms with Gasteiger partial charge in [-0.15, -0.1) is 0 Å². The van der Waals surface area contributed by atoms with Gasteiger partial charge in [0.15, 0.2) is 0 Å². The third kappa shape index (κ3) is 5.28. The zero-order valence-corrected chi connectivity index (χ0v) is 27.2. The van der Waals surface area contributed by atoms with Gasteiger partial charge in [-0.1, -0.05) is 34.1 Å². The molecule has 11 atom stereocenters. The number of rotatable bonds is 7. The number of fused-ring (bicyclic) bond motifs is 5. The van der Waals surface area contributed by atoms with E-state index in [9.17, 15) is 23.4 Å². The average Bonchev–Trinajstić information content (AvgIpc) is 3.65. The van der Waals surface area contributed by atoms with Crippen LogP contribution in [0.5, 0.6) is 0 Å². The maximum Gasteiger partial charge on any atom is 0.421 e. The lowest BCUT2D eigenvalue weighted by molar-refractivity contribution is -0.203. The number of hydrogen-bond acceptors (Lipinski definition) is 7. The molecule has 4 fully saturated rings. The van der Waals surface area contributed by atoms with E-state index >= 15 is 0 Å². The standard InChI is InChI=1S/C34H49N3O6S/c1-5-25-29-18-23(38)12-14-34(29,4)28-13-15-33(3)26(10-11-27(33)30(28)31(25)39)21(2)19-43-32(40)36-44(41,42)24-8-6-22(7-9-24)37-17-16-35-20-37/h6-9,16-17,20-21,23,25-31,38-39H,5,10-15,18-19H2,1-4H3,(H,36,40)/t21-,23-,25-,26?,27?,28?,29?,30?,31-,33?,34?/m1/s1. The number of aliphatic hydroxyl groups excluding tert-OH is 2. The summed E-state index contributed by atoms with van der Waals surface area (Å²) in [6, 6.07) is 6.20. The molecule has 10 heteroatoms. The molecule has 9 nitrogen and oxygen atoms in total. The number of hydrogen-bond donors (Lipinski definition) is 3. The first kappa shape index (κ1) is 31.5. The molecule has 44 heavy (non-hydrogen) atoms. The van der Waals surface area contributed by atoms with Gasteiger partial charge >= 0.3 is 6.09 Å². The van der Waals surface area contributed by atoms with Crippen molar-refractivity contribution in [2.45, 2.75) is 96.2 Å². The van der Waals surface area contributed by atoms with Crippen molar-refractivity contribution in [3.63, 3.8) is 0 Å². The van der Waals surface area contributed by atoms with Gasteiger partial charge in [0.2, 0.25) is 0 Å². The highest BCUT2D eigenvalue weighted by atomic mass is 32.2. The monoisotopic (exact) mass is 627 g/mol. The van der Waals surface area contributed by atoms with Gasteiger partial charge in [-0.05, 0) is 121 Å². The minimum atomic E-state index is -4.08. The van der Waals surface area contributed by atoms with Gasteiger partial charge in [-0.25, -0.2) is 22.9 Å². The Kier molecular flexibility index (Phi) is 8.42. The first-order chi connectivity index (χ1) is 20.9. The first-order valence-corrected chi connectivity index (χ1v) is 18.0. The fraction of sp³-hybridized carbons (Fsp3) is 0.706. The van der Waals surface area contributed by atoms with Gasteiger partial charge in [0, 0.05) is 18.1 Å². The molecule has 4 saturated carbocycles. The molecule has 3 N–H and O–H groups in total. The van der Waals surface area contributed by atoms with Gasteiger partial charge in [0.25, 0.3) is 10.0 Å². The molecular weight excluding hydrogens is 578 g/mol. The smallest absolute Gasteiger partial charge is 0.421 e. The lowest BCUT2D eigenvalue weighted by Gasteiger charge is -2.64. The Morgan fingerprint density at radius 1 is 1.07 bits per heavy atom. The minimum absolute atomic E-state index is 0.0193. The maximum absolute atomic E-state index is 12.9. The second-order valence-corrected chi connectivity index (χ2v) is 16.4. The van der Waals surface area contributed by atoms with Crippen molar-refractivity contribution in [1.82, 2.24) is 14.3 Å². The molecule has 1 aromatic heterocycles. The Hall–Kier alpha value is -2.43. The van der Waals surface area contributed by atoms with Crippen molar-refractivity contribution in [2.75, 3.05) is 6.61 Å². The van der Waals surface area contributed by atoms with Crippen LogP contribution in [0.25, 0.3) is 5.69 Å². The number of imidazole rings is 1. The highest BCUT2D eigenvalue weighted by molar-refractivity contribution is 7.90. The fourth-order valence-corrected chi connectivity index (χ4v) is 11.6. The van der Waals surface area contributed by atoms with Crippen LogP contribution < -0.4 is 4.72 Å². The molecule has 4 aliphatic carbocycles. The maximum atomic E-state index is 12.9. The van der Waals surface area contributed by atoms with Gasteiger partial charge in [-0.3, -0.25) is 0 Å². The van der Waals surface area contributed by atoms with Crippen molar-refractivity contribution >= 4 is 16.1 Å². The molecule has 4 aliphatic rings. The summed E-state index contributed by atoms with van der Waals surface area (Å²) >= 11 is 0. The second-order valence-electron chi connectivity index (χ2n) is 14.8. The highest BCUT2D eigenvalue weighted by Crippen LogP contribution is 2.69. The van der Waals surface area contributed by atoms with Crippen LogP contribution in [-0.4, -0.2) is 53.1 Å². The van der Waals surface area contributed by atoms with Crippen LogP contribution >= 0.6 is 0 Å². The average molecular weight is 628 g/mol. The number of sulfonamides is 1. The molecule has 0 bridgehead atoms. The normalized spacial score (nSPS) is 39.0. The number of aliphatic hydroxyl groups is 2. The van der Waals surface area contributed by atoms with Crippen molar-refractivity contribution in [3.05, 3.63) is 43.0 Å². The number of nitrogens with zero attached hydrogens (tertiary/aromatic N) is 2. The molecule has 6 rings (SSSR count). The van der Waals surface area contributed by atoms with Crippen LogP contribution in [-0.2, 0) is 14.8 Å². The van der Waals surface area contributed by atoms with Crippen LogP contribution in [0.4, 0.5) is 4.79 Å². The SMILES string of the molecule is CC[C@@H]1C2C[C@H](O)CCC2(C)C2CCC3(C)C(CCC3[C@H](C)COC(=O)NS(=O)(=O)c3ccc(-n4ccnc4)cc3)C2[C@@H]1O. The Balaban J connectivity index is 1.10. The third-order valence-corrected chi connectivity index (χ3v) is 14.1. The third-order valence-electron chi connectivity index (χ3n) is 12.8. The van der Waals surface area contributed by atoms with Crippen LogP contribution in [0.3, 0.4) is 0 Å². The molecule has 0 spiro atoms. The van der Waals surface area contributed by atoms with Crippen LogP contribution in [0.1, 0.15) is 79.1 Å². The predicted molar refractivity (Wildman–Crippen MR) is 166 cm³/mol. The van der Waals surface area contributed by atoms with E-state index in [0.717, 1.165) is 57.1 Å². The van der Waals surface area contributed by atoms with Crippen LogP contribution in [0.15, 0.2) is 47.9 Å². The Morgan fingerprint density at radius 2 is 1.77 bits per heavy atom. The molecule has 0 aliphatic heterocycles. The number of carbonyl (C=O) groups excluding carboxylic acids is 1. The van der Waals surface area contributed by atoms with E-state index in [1.807, 2.05) is 0 Å². The molecule has 7 unspecified atom stereocenters. The lowest BCUT2D eigenvalue weighted by Crippen LogP contribution is -2.62. The fourth-order valence-electron chi connectivity index (χ4n) is 10.7. The summed E-state index contributed by atoms with van der Waals surface area (Å²) in [6.45, 7) is 9.26. The van der Waals surface area contributed by atoms with Crippen molar-refractivity contribution in [3.8, 4) is 5.69 Å². The minimum Gasteiger partial charge on any atom is -0.449 e. The molecule has 1 amide bonds. The van der Waals surface area contributed by atoms with Crippen molar-refractivity contribution < 1.29 is 28.2 Å². The van der Waals surface area contributed by atoms with E-state index < -0.39 is 16.1 Å². The first-order valence-electron chi connectivity index (χ1n) is 16.5. The summed E-state index contributed by atoms with van der Waals surface area (Å²) in [7, 11) is -4.08. The largest absolute Gasteiger partial charge is 0.449 e. The number of ether oxygens (including phenoxy) is 1. The number of nitrogens with one attached hydrogen (secondary N) is 1. The molecule has 2 aromatic rings. The van der Waals surface area contributed by atoms with Crippen LogP contribution in [0.2, 0.25) is 0 Å². The van der Waals surface area contributed by atoms with E-state index in [-0.39, 0.29) is 52.3 Å². The van der Waals surface area contributed by atoms with Gasteiger partial charge in [-0.2, -0.15) is 0 Å². The summed E-state index contributed by atoms with van der Waals surface area (Å²) in [5.74, 6) is 2.08. The molecule has 0 saturated heterocycles. The Morgan fingerprint density at radius 3 is 2.45 bits per heavy atom. The highest BCUT2D eigenvalue weighted by Gasteiger charge is 2.64. The number of amides is 1. The van der Waals surface area contributed by atoms with Gasteiger partial charge in [0.1, 0.15) is 0 Å².